The minimum Gasteiger partial charge on any atom is -0.398 e. The van der Waals surface area contributed by atoms with Gasteiger partial charge in [-0.25, -0.2) is 0 Å². The Bertz CT molecular complexity index is 705. The third kappa shape index (κ3) is 2.65. The normalized spacial score (nSPS) is 9.42. The van der Waals surface area contributed by atoms with Crippen LogP contribution in [0.2, 0.25) is 0 Å². The number of nitrogen functional groups attached to an aromatic ring is 1. The number of rotatable bonds is 2. The zero-order valence-electron chi connectivity index (χ0n) is 10.4. The van der Waals surface area contributed by atoms with Gasteiger partial charge in [0.05, 0.1) is 17.2 Å². The van der Waals surface area contributed by atoms with Crippen LogP contribution < -0.4 is 11.1 Å². The van der Waals surface area contributed by atoms with Gasteiger partial charge < -0.3 is 11.1 Å². The van der Waals surface area contributed by atoms with Crippen molar-refractivity contribution in [3.8, 4) is 12.1 Å². The van der Waals surface area contributed by atoms with Gasteiger partial charge in [-0.3, -0.25) is 0 Å². The van der Waals surface area contributed by atoms with E-state index in [1.165, 1.54) is 0 Å². The molecule has 2 aromatic rings. The maximum atomic E-state index is 8.94. The number of nitrogens with zero attached hydrogens (tertiary/aromatic N) is 2. The van der Waals surface area contributed by atoms with Crippen molar-refractivity contribution in [2.45, 2.75) is 6.92 Å². The fourth-order valence-electron chi connectivity index (χ4n) is 1.71. The van der Waals surface area contributed by atoms with Gasteiger partial charge in [0.15, 0.2) is 0 Å². The lowest BCUT2D eigenvalue weighted by molar-refractivity contribution is 1.40. The minimum absolute atomic E-state index is 0.430. The first kappa shape index (κ1) is 12.5. The van der Waals surface area contributed by atoms with Gasteiger partial charge >= 0.3 is 0 Å². The summed E-state index contributed by atoms with van der Waals surface area (Å²) in [7, 11) is 0. The molecule has 4 heteroatoms. The Labute approximate surface area is 111 Å². The van der Waals surface area contributed by atoms with Crippen LogP contribution in [-0.2, 0) is 0 Å². The molecule has 0 saturated carbocycles. The van der Waals surface area contributed by atoms with E-state index in [1.807, 2.05) is 19.1 Å². The standard InChI is InChI=1S/C15H12N4/c1-10-2-3-11(8-16)6-15(10)19-13-4-5-14(18)12(7-13)9-17/h2-7,19H,18H2,1H3. The van der Waals surface area contributed by atoms with Crippen LogP contribution in [0.15, 0.2) is 36.4 Å². The van der Waals surface area contributed by atoms with Crippen LogP contribution in [-0.4, -0.2) is 0 Å². The molecular weight excluding hydrogens is 236 g/mol. The summed E-state index contributed by atoms with van der Waals surface area (Å²) < 4.78 is 0. The Balaban J connectivity index is 2.37. The van der Waals surface area contributed by atoms with Crippen molar-refractivity contribution in [3.05, 3.63) is 53.1 Å². The second-order valence-electron chi connectivity index (χ2n) is 4.18. The van der Waals surface area contributed by atoms with E-state index in [-0.39, 0.29) is 0 Å². The van der Waals surface area contributed by atoms with Crippen molar-refractivity contribution in [2.75, 3.05) is 11.1 Å². The Morgan fingerprint density at radius 1 is 1.05 bits per heavy atom. The molecule has 0 aromatic heterocycles. The summed E-state index contributed by atoms with van der Waals surface area (Å²) >= 11 is 0. The Morgan fingerprint density at radius 3 is 2.53 bits per heavy atom. The largest absolute Gasteiger partial charge is 0.398 e. The highest BCUT2D eigenvalue weighted by atomic mass is 14.9. The van der Waals surface area contributed by atoms with Crippen molar-refractivity contribution in [1.82, 2.24) is 0 Å². The predicted molar refractivity (Wildman–Crippen MR) is 74.7 cm³/mol. The average molecular weight is 248 g/mol. The van der Waals surface area contributed by atoms with Crippen molar-refractivity contribution < 1.29 is 0 Å². The van der Waals surface area contributed by atoms with Gasteiger partial charge in [0.2, 0.25) is 0 Å². The van der Waals surface area contributed by atoms with Crippen LogP contribution in [0.3, 0.4) is 0 Å². The quantitative estimate of drug-likeness (QED) is 0.800. The van der Waals surface area contributed by atoms with E-state index in [2.05, 4.69) is 11.4 Å². The molecule has 0 atom stereocenters. The first-order chi connectivity index (χ1) is 9.13. The summed E-state index contributed by atoms with van der Waals surface area (Å²) in [5.41, 5.74) is 9.78. The van der Waals surface area contributed by atoms with Gasteiger partial charge in [-0.1, -0.05) is 6.07 Å². The van der Waals surface area contributed by atoms with Crippen LogP contribution in [0, 0.1) is 29.6 Å². The molecule has 2 aromatic carbocycles. The van der Waals surface area contributed by atoms with E-state index in [4.69, 9.17) is 16.3 Å². The molecule has 92 valence electrons. The highest BCUT2D eigenvalue weighted by Gasteiger charge is 2.03. The lowest BCUT2D eigenvalue weighted by Crippen LogP contribution is -1.96. The molecule has 3 N–H and O–H groups in total. The summed E-state index contributed by atoms with van der Waals surface area (Å²) in [5.74, 6) is 0. The molecule has 0 bridgehead atoms. The Morgan fingerprint density at radius 2 is 1.84 bits per heavy atom. The van der Waals surface area contributed by atoms with E-state index in [0.717, 1.165) is 16.9 Å². The molecular formula is C15H12N4. The monoisotopic (exact) mass is 248 g/mol. The third-order valence-corrected chi connectivity index (χ3v) is 2.82. The van der Waals surface area contributed by atoms with Crippen LogP contribution in [0.4, 0.5) is 17.1 Å². The summed E-state index contributed by atoms with van der Waals surface area (Å²) in [5, 5.41) is 21.0. The van der Waals surface area contributed by atoms with Crippen molar-refractivity contribution in [3.63, 3.8) is 0 Å². The molecule has 0 aliphatic carbocycles. The maximum Gasteiger partial charge on any atom is 0.101 e. The number of nitriles is 2. The van der Waals surface area contributed by atoms with Gasteiger partial charge in [0.25, 0.3) is 0 Å². The topological polar surface area (TPSA) is 85.6 Å². The van der Waals surface area contributed by atoms with Crippen LogP contribution in [0.25, 0.3) is 0 Å². The molecule has 2 rings (SSSR count). The first-order valence-electron chi connectivity index (χ1n) is 5.71. The number of nitrogens with one attached hydrogen (secondary N) is 1. The molecule has 4 nitrogen and oxygen atoms in total. The SMILES string of the molecule is Cc1ccc(C#N)cc1Nc1ccc(N)c(C#N)c1. The molecule has 0 saturated heterocycles. The van der Waals surface area contributed by atoms with Gasteiger partial charge in [0, 0.05) is 17.1 Å². The lowest BCUT2D eigenvalue weighted by Gasteiger charge is -2.10. The highest BCUT2D eigenvalue weighted by Crippen LogP contribution is 2.24. The molecule has 0 radical (unpaired) electrons. The number of aryl methyl sites for hydroxylation is 1. The zero-order valence-corrected chi connectivity index (χ0v) is 10.4. The number of anilines is 3. The zero-order chi connectivity index (χ0) is 13.8. The van der Waals surface area contributed by atoms with E-state index in [9.17, 15) is 0 Å². The van der Waals surface area contributed by atoms with Gasteiger partial charge in [0.1, 0.15) is 6.07 Å². The van der Waals surface area contributed by atoms with Crippen molar-refractivity contribution in [1.29, 1.82) is 10.5 Å². The second-order valence-corrected chi connectivity index (χ2v) is 4.18. The second kappa shape index (κ2) is 5.12. The maximum absolute atomic E-state index is 8.94. The van der Waals surface area contributed by atoms with Crippen molar-refractivity contribution in [2.24, 2.45) is 0 Å². The molecule has 0 aliphatic heterocycles. The molecule has 0 spiro atoms. The van der Waals surface area contributed by atoms with E-state index in [1.54, 1.807) is 30.3 Å². The smallest absolute Gasteiger partial charge is 0.101 e. The average Bonchev–Trinajstić information content (AvgIpc) is 2.43. The fourth-order valence-corrected chi connectivity index (χ4v) is 1.71. The van der Waals surface area contributed by atoms with Gasteiger partial charge in [-0.15, -0.1) is 0 Å². The van der Waals surface area contributed by atoms with E-state index >= 15 is 0 Å². The van der Waals surface area contributed by atoms with E-state index in [0.29, 0.717) is 16.8 Å². The number of hydrogen-bond donors (Lipinski definition) is 2. The van der Waals surface area contributed by atoms with Crippen molar-refractivity contribution >= 4 is 17.1 Å². The molecule has 0 amide bonds. The highest BCUT2D eigenvalue weighted by molar-refractivity contribution is 5.69. The summed E-state index contributed by atoms with van der Waals surface area (Å²) in [6.07, 6.45) is 0. The minimum atomic E-state index is 0.430. The molecule has 19 heavy (non-hydrogen) atoms. The predicted octanol–water partition coefficient (Wildman–Crippen LogP) is 3.06. The summed E-state index contributed by atoms with van der Waals surface area (Å²) in [6.45, 7) is 1.95. The van der Waals surface area contributed by atoms with Gasteiger partial charge in [-0.2, -0.15) is 10.5 Å². The molecule has 0 aliphatic rings. The Hall–Kier alpha value is -2.98. The number of nitrogens with two attached hydrogens (primary N) is 1. The number of benzene rings is 2. The van der Waals surface area contributed by atoms with Crippen LogP contribution >= 0.6 is 0 Å². The third-order valence-electron chi connectivity index (χ3n) is 2.82. The van der Waals surface area contributed by atoms with Gasteiger partial charge in [-0.05, 0) is 42.8 Å². The lowest BCUT2D eigenvalue weighted by atomic mass is 10.1. The molecule has 0 unspecified atom stereocenters. The fraction of sp³-hybridized carbons (Fsp3) is 0.0667. The van der Waals surface area contributed by atoms with Crippen LogP contribution in [0.1, 0.15) is 16.7 Å². The number of hydrogen-bond acceptors (Lipinski definition) is 4. The molecule has 0 heterocycles. The Kier molecular flexibility index (Phi) is 3.36. The summed E-state index contributed by atoms with van der Waals surface area (Å²) in [6, 6.07) is 14.7. The molecule has 0 fully saturated rings. The first-order valence-corrected chi connectivity index (χ1v) is 5.71. The van der Waals surface area contributed by atoms with E-state index < -0.39 is 0 Å². The van der Waals surface area contributed by atoms with Crippen LogP contribution in [0.5, 0.6) is 0 Å². The summed E-state index contributed by atoms with van der Waals surface area (Å²) in [4.78, 5) is 0.